The fourth-order valence-corrected chi connectivity index (χ4v) is 2.73. The van der Waals surface area contributed by atoms with E-state index in [0.717, 1.165) is 27.0 Å². The Labute approximate surface area is 144 Å². The van der Waals surface area contributed by atoms with Gasteiger partial charge in [0.1, 0.15) is 5.75 Å². The van der Waals surface area contributed by atoms with Crippen molar-refractivity contribution in [1.82, 2.24) is 0 Å². The summed E-state index contributed by atoms with van der Waals surface area (Å²) < 4.78 is 6.07. The Morgan fingerprint density at radius 1 is 1.22 bits per heavy atom. The van der Waals surface area contributed by atoms with Crippen LogP contribution in [-0.4, -0.2) is 13.0 Å². The van der Waals surface area contributed by atoms with Crippen molar-refractivity contribution in [3.8, 4) is 11.8 Å². The van der Waals surface area contributed by atoms with E-state index < -0.39 is 0 Å². The normalized spacial score (nSPS) is 9.96. The minimum atomic E-state index is -0.0371. The fourth-order valence-electron chi connectivity index (χ4n) is 2.14. The summed E-state index contributed by atoms with van der Waals surface area (Å²) in [5, 5.41) is 11.5. The summed E-state index contributed by atoms with van der Waals surface area (Å²) in [4.78, 5) is 12.0. The number of nitriles is 1. The summed E-state index contributed by atoms with van der Waals surface area (Å²) in [5.41, 5.74) is 2.75. The molecule has 0 saturated carbocycles. The first-order chi connectivity index (χ1) is 11.1. The molecule has 0 aliphatic carbocycles. The number of aryl methyl sites for hydroxylation is 1. The largest absolute Gasteiger partial charge is 0.496 e. The zero-order chi connectivity index (χ0) is 16.7. The Morgan fingerprint density at radius 2 is 1.91 bits per heavy atom. The molecule has 2 aromatic carbocycles. The number of ether oxygens (including phenoxy) is 1. The van der Waals surface area contributed by atoms with Crippen LogP contribution in [-0.2, 0) is 17.6 Å². The van der Waals surface area contributed by atoms with Crippen molar-refractivity contribution in [2.24, 2.45) is 0 Å². The third-order valence-electron chi connectivity index (χ3n) is 3.38. The average Bonchev–Trinajstić information content (AvgIpc) is 2.55. The number of amides is 1. The molecule has 0 aromatic heterocycles. The molecule has 0 radical (unpaired) electrons. The lowest BCUT2D eigenvalue weighted by Crippen LogP contribution is -2.12. The van der Waals surface area contributed by atoms with Crippen molar-refractivity contribution < 1.29 is 9.53 Å². The third kappa shape index (κ3) is 5.11. The van der Waals surface area contributed by atoms with E-state index in [2.05, 4.69) is 27.3 Å². The molecule has 1 N–H and O–H groups in total. The van der Waals surface area contributed by atoms with Crippen LogP contribution < -0.4 is 10.1 Å². The van der Waals surface area contributed by atoms with Crippen molar-refractivity contribution in [2.75, 3.05) is 12.4 Å². The number of carbonyl (C=O) groups is 1. The minimum Gasteiger partial charge on any atom is -0.496 e. The second-order valence-corrected chi connectivity index (χ2v) is 5.90. The summed E-state index contributed by atoms with van der Waals surface area (Å²) in [5.74, 6) is 0.737. The number of nitrogens with one attached hydrogen (secondary N) is 1. The van der Waals surface area contributed by atoms with Gasteiger partial charge in [0.15, 0.2) is 0 Å². The number of nitrogens with zero attached hydrogens (tertiary/aromatic N) is 1. The molecule has 0 spiro atoms. The zero-order valence-electron chi connectivity index (χ0n) is 12.8. The van der Waals surface area contributed by atoms with E-state index in [9.17, 15) is 4.79 Å². The first-order valence-corrected chi connectivity index (χ1v) is 8.00. The molecule has 4 nitrogen and oxygen atoms in total. The lowest BCUT2D eigenvalue weighted by Gasteiger charge is -2.08. The van der Waals surface area contributed by atoms with Crippen LogP contribution >= 0.6 is 15.9 Å². The van der Waals surface area contributed by atoms with Gasteiger partial charge in [0, 0.05) is 12.1 Å². The van der Waals surface area contributed by atoms with E-state index in [1.54, 1.807) is 7.11 Å². The van der Waals surface area contributed by atoms with Gasteiger partial charge >= 0.3 is 0 Å². The van der Waals surface area contributed by atoms with Gasteiger partial charge in [0.25, 0.3) is 0 Å². The monoisotopic (exact) mass is 372 g/mol. The zero-order valence-corrected chi connectivity index (χ0v) is 14.4. The van der Waals surface area contributed by atoms with Crippen molar-refractivity contribution in [1.29, 1.82) is 5.26 Å². The van der Waals surface area contributed by atoms with Crippen molar-refractivity contribution in [3.05, 3.63) is 58.1 Å². The predicted octanol–water partition coefficient (Wildman–Crippen LogP) is 4.10. The summed E-state index contributed by atoms with van der Waals surface area (Å²) >= 11 is 3.44. The second-order valence-electron chi connectivity index (χ2n) is 5.05. The number of hydrogen-bond acceptors (Lipinski definition) is 3. The number of benzene rings is 2. The molecular weight excluding hydrogens is 356 g/mol. The van der Waals surface area contributed by atoms with Gasteiger partial charge in [-0.2, -0.15) is 5.26 Å². The molecular formula is C18H17BrN2O2. The van der Waals surface area contributed by atoms with Crippen LogP contribution in [0.15, 0.2) is 46.9 Å². The predicted molar refractivity (Wildman–Crippen MR) is 93.4 cm³/mol. The SMILES string of the molecule is COc1ccc(CCC(=O)Nc2ccc(CC#N)cc2)cc1Br. The number of methoxy groups -OCH3 is 1. The molecule has 0 unspecified atom stereocenters. The van der Waals surface area contributed by atoms with Crippen LogP contribution in [0.5, 0.6) is 5.75 Å². The molecule has 23 heavy (non-hydrogen) atoms. The summed E-state index contributed by atoms with van der Waals surface area (Å²) in [6.45, 7) is 0. The van der Waals surface area contributed by atoms with Crippen LogP contribution in [0, 0.1) is 11.3 Å². The molecule has 0 heterocycles. The highest BCUT2D eigenvalue weighted by atomic mass is 79.9. The van der Waals surface area contributed by atoms with Gasteiger partial charge in [-0.25, -0.2) is 0 Å². The van der Waals surface area contributed by atoms with Gasteiger partial charge in [0.2, 0.25) is 5.91 Å². The highest BCUT2D eigenvalue weighted by Gasteiger charge is 2.06. The van der Waals surface area contributed by atoms with Crippen molar-refractivity contribution >= 4 is 27.5 Å². The van der Waals surface area contributed by atoms with Gasteiger partial charge in [-0.3, -0.25) is 4.79 Å². The van der Waals surface area contributed by atoms with E-state index in [1.807, 2.05) is 42.5 Å². The van der Waals surface area contributed by atoms with Gasteiger partial charge in [-0.15, -0.1) is 0 Å². The quantitative estimate of drug-likeness (QED) is 0.830. The molecule has 118 valence electrons. The molecule has 0 aliphatic heterocycles. The third-order valence-corrected chi connectivity index (χ3v) is 4.00. The van der Waals surface area contributed by atoms with Crippen LogP contribution in [0.25, 0.3) is 0 Å². The maximum Gasteiger partial charge on any atom is 0.224 e. The van der Waals surface area contributed by atoms with Gasteiger partial charge in [-0.05, 0) is 57.7 Å². The topological polar surface area (TPSA) is 62.1 Å². The van der Waals surface area contributed by atoms with E-state index in [0.29, 0.717) is 19.3 Å². The minimum absolute atomic E-state index is 0.0371. The number of rotatable bonds is 6. The number of halogens is 1. The van der Waals surface area contributed by atoms with Gasteiger partial charge < -0.3 is 10.1 Å². The molecule has 0 saturated heterocycles. The Morgan fingerprint density at radius 3 is 2.52 bits per heavy atom. The Hall–Kier alpha value is -2.32. The number of anilines is 1. The highest BCUT2D eigenvalue weighted by molar-refractivity contribution is 9.10. The molecule has 0 fully saturated rings. The Kier molecular flexibility index (Phi) is 6.19. The summed E-state index contributed by atoms with van der Waals surface area (Å²) in [7, 11) is 1.62. The lowest BCUT2D eigenvalue weighted by molar-refractivity contribution is -0.116. The van der Waals surface area contributed by atoms with E-state index >= 15 is 0 Å². The summed E-state index contributed by atoms with van der Waals surface area (Å²) in [6, 6.07) is 15.2. The maximum absolute atomic E-state index is 12.0. The standard InChI is InChI=1S/C18H17BrN2O2/c1-23-17-8-4-14(12-16(17)19)5-9-18(22)21-15-6-2-13(3-7-15)10-11-20/h2-4,6-8,12H,5,9-10H2,1H3,(H,21,22). The van der Waals surface area contributed by atoms with E-state index in [4.69, 9.17) is 10.00 Å². The maximum atomic E-state index is 12.0. The molecule has 0 bridgehead atoms. The first kappa shape index (κ1) is 17.0. The average molecular weight is 373 g/mol. The Balaban J connectivity index is 1.87. The van der Waals surface area contributed by atoms with Gasteiger partial charge in [0.05, 0.1) is 24.1 Å². The molecule has 2 aromatic rings. The molecule has 2 rings (SSSR count). The Bertz CT molecular complexity index is 721. The summed E-state index contributed by atoms with van der Waals surface area (Å²) in [6.07, 6.45) is 1.43. The molecule has 1 amide bonds. The highest BCUT2D eigenvalue weighted by Crippen LogP contribution is 2.26. The van der Waals surface area contributed by atoms with Crippen LogP contribution in [0.2, 0.25) is 0 Å². The number of carbonyl (C=O) groups excluding carboxylic acids is 1. The molecule has 0 atom stereocenters. The smallest absolute Gasteiger partial charge is 0.224 e. The molecule has 0 aliphatic rings. The second kappa shape index (κ2) is 8.35. The van der Waals surface area contributed by atoms with Crippen LogP contribution in [0.3, 0.4) is 0 Å². The van der Waals surface area contributed by atoms with Crippen molar-refractivity contribution in [3.63, 3.8) is 0 Å². The van der Waals surface area contributed by atoms with Crippen molar-refractivity contribution in [2.45, 2.75) is 19.3 Å². The van der Waals surface area contributed by atoms with Crippen LogP contribution in [0.1, 0.15) is 17.5 Å². The van der Waals surface area contributed by atoms with Crippen LogP contribution in [0.4, 0.5) is 5.69 Å². The lowest BCUT2D eigenvalue weighted by atomic mass is 10.1. The number of hydrogen-bond donors (Lipinski definition) is 1. The first-order valence-electron chi connectivity index (χ1n) is 7.20. The molecule has 5 heteroatoms. The van der Waals surface area contributed by atoms with E-state index in [-0.39, 0.29) is 5.91 Å². The fraction of sp³-hybridized carbons (Fsp3) is 0.222. The van der Waals surface area contributed by atoms with E-state index in [1.165, 1.54) is 0 Å². The van der Waals surface area contributed by atoms with Gasteiger partial charge in [-0.1, -0.05) is 18.2 Å².